The Kier molecular flexibility index (Phi) is 6.20. The fraction of sp³-hybridized carbons (Fsp3) is 0.700. The number of fused-ring (bicyclic) bond motifs is 1. The zero-order valence-electron chi connectivity index (χ0n) is 16.6. The summed E-state index contributed by atoms with van der Waals surface area (Å²) in [6.07, 6.45) is 1.99. The molecule has 1 aromatic heterocycles. The molecule has 0 saturated carbocycles. The summed E-state index contributed by atoms with van der Waals surface area (Å²) in [6.45, 7) is 7.80. The van der Waals surface area contributed by atoms with E-state index >= 15 is 0 Å². The van der Waals surface area contributed by atoms with E-state index in [1.54, 1.807) is 13.8 Å². The van der Waals surface area contributed by atoms with Gasteiger partial charge in [0, 0.05) is 44.8 Å². The van der Waals surface area contributed by atoms with Crippen LogP contribution in [-0.4, -0.2) is 72.1 Å². The molecule has 0 radical (unpaired) electrons. The maximum absolute atomic E-state index is 9.96. The Balaban J connectivity index is 2.14. The van der Waals surface area contributed by atoms with Crippen LogP contribution in [0.5, 0.6) is 0 Å². The normalized spacial score (nSPS) is 19.5. The van der Waals surface area contributed by atoms with Gasteiger partial charge in [0.1, 0.15) is 17.7 Å². The monoisotopic (exact) mass is 373 g/mol. The Morgan fingerprint density at radius 3 is 2.30 bits per heavy atom. The molecule has 2 N–H and O–H groups in total. The first-order valence-electron chi connectivity index (χ1n) is 9.91. The fourth-order valence-corrected chi connectivity index (χ4v) is 4.16. The number of likely N-dealkylation sites (N-methyl/N-ethyl adjacent to an activating group) is 1. The van der Waals surface area contributed by atoms with Gasteiger partial charge in [0.05, 0.1) is 17.8 Å². The van der Waals surface area contributed by atoms with Gasteiger partial charge in [-0.05, 0) is 45.7 Å². The molecular formula is C20H31N5O2. The largest absolute Gasteiger partial charge is 0.392 e. The number of anilines is 2. The first-order valence-corrected chi connectivity index (χ1v) is 9.91. The Hall–Kier alpha value is -1.88. The fourth-order valence-electron chi connectivity index (χ4n) is 4.16. The molecule has 0 aliphatic carbocycles. The molecule has 0 bridgehead atoms. The van der Waals surface area contributed by atoms with Crippen molar-refractivity contribution in [2.45, 2.75) is 51.9 Å². The third-order valence-corrected chi connectivity index (χ3v) is 5.33. The van der Waals surface area contributed by atoms with Crippen molar-refractivity contribution in [2.24, 2.45) is 0 Å². The predicted octanol–water partition coefficient (Wildman–Crippen LogP) is 1.11. The minimum absolute atomic E-state index is 0.338. The average Bonchev–Trinajstić information content (AvgIpc) is 3.13. The third kappa shape index (κ3) is 4.34. The zero-order valence-corrected chi connectivity index (χ0v) is 16.6. The number of aromatic nitrogens is 1. The van der Waals surface area contributed by atoms with E-state index in [9.17, 15) is 15.5 Å². The minimum Gasteiger partial charge on any atom is -0.392 e. The molecule has 7 heteroatoms. The zero-order chi connectivity index (χ0) is 19.6. The summed E-state index contributed by atoms with van der Waals surface area (Å²) in [5, 5.41) is 29.9. The Morgan fingerprint density at radius 1 is 1.11 bits per heavy atom. The van der Waals surface area contributed by atoms with Crippen LogP contribution in [-0.2, 0) is 13.0 Å². The van der Waals surface area contributed by atoms with E-state index < -0.39 is 12.2 Å². The summed E-state index contributed by atoms with van der Waals surface area (Å²) in [6, 6.07) is 2.38. The summed E-state index contributed by atoms with van der Waals surface area (Å²) in [5.41, 5.74) is 2.85. The van der Waals surface area contributed by atoms with Crippen molar-refractivity contribution in [2.75, 3.05) is 49.6 Å². The topological polar surface area (TPSA) is 86.9 Å². The Morgan fingerprint density at radius 2 is 1.74 bits per heavy atom. The molecule has 3 heterocycles. The smallest absolute Gasteiger partial charge is 0.149 e. The van der Waals surface area contributed by atoms with Crippen molar-refractivity contribution >= 4 is 11.6 Å². The van der Waals surface area contributed by atoms with Gasteiger partial charge in [-0.25, -0.2) is 4.98 Å². The standard InChI is InChI=1S/C20H31N5O2/c1-14(26)11-25(12-15(2)27)19-17(10-21)16-6-9-23(3)13-18(16)20(22-19)24-7-4-5-8-24/h14-15,26-27H,4-9,11-13H2,1-3H3. The van der Waals surface area contributed by atoms with Gasteiger partial charge < -0.3 is 24.9 Å². The number of hydrogen-bond donors (Lipinski definition) is 2. The quantitative estimate of drug-likeness (QED) is 0.772. The lowest BCUT2D eigenvalue weighted by Crippen LogP contribution is -2.39. The van der Waals surface area contributed by atoms with Crippen LogP contribution in [0.2, 0.25) is 0 Å². The molecule has 3 rings (SSSR count). The summed E-state index contributed by atoms with van der Waals surface area (Å²) >= 11 is 0. The molecular weight excluding hydrogens is 342 g/mol. The highest BCUT2D eigenvalue weighted by Gasteiger charge is 2.30. The number of aliphatic hydroxyl groups excluding tert-OH is 2. The van der Waals surface area contributed by atoms with Gasteiger partial charge in [0.25, 0.3) is 0 Å². The lowest BCUT2D eigenvalue weighted by molar-refractivity contribution is 0.177. The second-order valence-electron chi connectivity index (χ2n) is 7.99. The van der Waals surface area contributed by atoms with Crippen LogP contribution in [0.4, 0.5) is 11.6 Å². The second kappa shape index (κ2) is 8.42. The van der Waals surface area contributed by atoms with E-state index in [2.05, 4.69) is 22.9 Å². The maximum atomic E-state index is 9.96. The average molecular weight is 374 g/mol. The van der Waals surface area contributed by atoms with Crippen LogP contribution in [0, 0.1) is 11.3 Å². The molecule has 1 aromatic rings. The van der Waals surface area contributed by atoms with Crippen LogP contribution < -0.4 is 9.80 Å². The van der Waals surface area contributed by atoms with Crippen LogP contribution >= 0.6 is 0 Å². The lowest BCUT2D eigenvalue weighted by Gasteiger charge is -2.34. The molecule has 0 aromatic carbocycles. The number of aliphatic hydroxyl groups is 2. The lowest BCUT2D eigenvalue weighted by atomic mass is 9.95. The van der Waals surface area contributed by atoms with Crippen molar-refractivity contribution in [3.05, 3.63) is 16.7 Å². The summed E-state index contributed by atoms with van der Waals surface area (Å²) in [4.78, 5) is 11.4. The van der Waals surface area contributed by atoms with Crippen molar-refractivity contribution < 1.29 is 10.2 Å². The van der Waals surface area contributed by atoms with Crippen LogP contribution in [0.25, 0.3) is 0 Å². The Bertz CT molecular complexity index is 697. The van der Waals surface area contributed by atoms with Crippen molar-refractivity contribution in [3.63, 3.8) is 0 Å². The van der Waals surface area contributed by atoms with Gasteiger partial charge in [-0.2, -0.15) is 5.26 Å². The first kappa shape index (κ1) is 19.9. The highest BCUT2D eigenvalue weighted by Crippen LogP contribution is 2.36. The second-order valence-corrected chi connectivity index (χ2v) is 7.99. The first-order chi connectivity index (χ1) is 12.9. The summed E-state index contributed by atoms with van der Waals surface area (Å²) in [5.74, 6) is 1.58. The van der Waals surface area contributed by atoms with Crippen LogP contribution in [0.15, 0.2) is 0 Å². The van der Waals surface area contributed by atoms with Crippen LogP contribution in [0.3, 0.4) is 0 Å². The van der Waals surface area contributed by atoms with Gasteiger partial charge in [0.2, 0.25) is 0 Å². The highest BCUT2D eigenvalue weighted by molar-refractivity contribution is 5.68. The van der Waals surface area contributed by atoms with Crippen molar-refractivity contribution in [3.8, 4) is 6.07 Å². The van der Waals surface area contributed by atoms with Gasteiger partial charge >= 0.3 is 0 Å². The van der Waals surface area contributed by atoms with E-state index in [0.29, 0.717) is 24.5 Å². The van der Waals surface area contributed by atoms with E-state index in [1.165, 1.54) is 5.56 Å². The third-order valence-electron chi connectivity index (χ3n) is 5.33. The molecule has 2 unspecified atom stereocenters. The molecule has 2 atom stereocenters. The summed E-state index contributed by atoms with van der Waals surface area (Å²) in [7, 11) is 2.10. The van der Waals surface area contributed by atoms with Gasteiger partial charge in [-0.1, -0.05) is 0 Å². The van der Waals surface area contributed by atoms with Crippen molar-refractivity contribution in [1.29, 1.82) is 5.26 Å². The molecule has 0 spiro atoms. The van der Waals surface area contributed by atoms with Gasteiger partial charge in [0.15, 0.2) is 0 Å². The number of nitrogens with zero attached hydrogens (tertiary/aromatic N) is 5. The molecule has 2 aliphatic heterocycles. The van der Waals surface area contributed by atoms with Gasteiger partial charge in [-0.3, -0.25) is 0 Å². The maximum Gasteiger partial charge on any atom is 0.149 e. The number of nitriles is 1. The predicted molar refractivity (Wildman–Crippen MR) is 106 cm³/mol. The van der Waals surface area contributed by atoms with Crippen LogP contribution in [0.1, 0.15) is 43.4 Å². The molecule has 27 heavy (non-hydrogen) atoms. The SMILES string of the molecule is CC(O)CN(CC(C)O)c1nc(N2CCCC2)c2c(c1C#N)CCN(C)C2. The minimum atomic E-state index is -0.575. The molecule has 2 aliphatic rings. The highest BCUT2D eigenvalue weighted by atomic mass is 16.3. The molecule has 7 nitrogen and oxygen atoms in total. The van der Waals surface area contributed by atoms with E-state index in [1.807, 2.05) is 4.90 Å². The molecule has 1 saturated heterocycles. The number of pyridine rings is 1. The summed E-state index contributed by atoms with van der Waals surface area (Å²) < 4.78 is 0. The van der Waals surface area contributed by atoms with E-state index in [4.69, 9.17) is 4.98 Å². The van der Waals surface area contributed by atoms with Crippen molar-refractivity contribution in [1.82, 2.24) is 9.88 Å². The van der Waals surface area contributed by atoms with E-state index in [0.717, 1.165) is 56.8 Å². The molecule has 148 valence electrons. The number of hydrogen-bond acceptors (Lipinski definition) is 7. The molecule has 0 amide bonds. The molecule has 1 fully saturated rings. The van der Waals surface area contributed by atoms with E-state index in [-0.39, 0.29) is 0 Å². The Labute approximate surface area is 161 Å². The van der Waals surface area contributed by atoms with Gasteiger partial charge in [-0.15, -0.1) is 0 Å². The number of rotatable bonds is 6.